The van der Waals surface area contributed by atoms with Crippen molar-refractivity contribution in [2.75, 3.05) is 6.61 Å². The summed E-state index contributed by atoms with van der Waals surface area (Å²) in [6.45, 7) is 7.01. The number of fused-ring (bicyclic) bond motifs is 1. The summed E-state index contributed by atoms with van der Waals surface area (Å²) in [6.07, 6.45) is 0. The Hall–Kier alpha value is -3.15. The number of amides is 1. The summed E-state index contributed by atoms with van der Waals surface area (Å²) in [5.41, 5.74) is 1.76. The molecule has 3 rings (SSSR count). The van der Waals surface area contributed by atoms with E-state index in [1.165, 1.54) is 0 Å². The summed E-state index contributed by atoms with van der Waals surface area (Å²) in [7, 11) is 0. The van der Waals surface area contributed by atoms with Crippen molar-refractivity contribution in [2.45, 2.75) is 39.7 Å². The molecule has 146 valence electrons. The molecule has 0 radical (unpaired) electrons. The third-order valence-corrected chi connectivity index (χ3v) is 4.62. The minimum absolute atomic E-state index is 0.0102. The Balaban J connectivity index is 1.64. The first-order valence-corrected chi connectivity index (χ1v) is 9.28. The van der Waals surface area contributed by atoms with Crippen molar-refractivity contribution in [3.05, 3.63) is 65.0 Å². The Bertz CT molecular complexity index is 1000. The zero-order valence-electron chi connectivity index (χ0n) is 16.5. The van der Waals surface area contributed by atoms with E-state index in [9.17, 15) is 9.59 Å². The number of aryl methyl sites for hydroxylation is 1. The normalized spacial score (nSPS) is 12.2. The number of nitrogens with zero attached hydrogens (tertiary/aromatic N) is 1. The summed E-state index contributed by atoms with van der Waals surface area (Å²) >= 11 is 0. The van der Waals surface area contributed by atoms with E-state index in [0.29, 0.717) is 17.0 Å². The standard InChI is InChI=1S/C22H24N2O4/c1-13(2)21-20(15(4)24-28-21)22(26)27-12-19(25)23-14(3)17-11-7-9-16-8-5-6-10-18(16)17/h5-11,13-14H,12H2,1-4H3,(H,23,25). The lowest BCUT2D eigenvalue weighted by Crippen LogP contribution is -2.31. The van der Waals surface area contributed by atoms with Gasteiger partial charge in [-0.25, -0.2) is 4.79 Å². The largest absolute Gasteiger partial charge is 0.452 e. The van der Waals surface area contributed by atoms with Crippen molar-refractivity contribution in [2.24, 2.45) is 0 Å². The van der Waals surface area contributed by atoms with Crippen molar-refractivity contribution >= 4 is 22.6 Å². The first-order chi connectivity index (χ1) is 13.4. The van der Waals surface area contributed by atoms with Gasteiger partial charge in [-0.2, -0.15) is 0 Å². The first kappa shape index (κ1) is 19.6. The number of nitrogens with one attached hydrogen (secondary N) is 1. The van der Waals surface area contributed by atoms with E-state index in [-0.39, 0.29) is 24.5 Å². The fourth-order valence-corrected chi connectivity index (χ4v) is 3.22. The van der Waals surface area contributed by atoms with Crippen LogP contribution in [0, 0.1) is 6.92 Å². The molecule has 3 aromatic rings. The summed E-state index contributed by atoms with van der Waals surface area (Å²) in [4.78, 5) is 24.7. The van der Waals surface area contributed by atoms with Crippen LogP contribution in [0.25, 0.3) is 10.8 Å². The van der Waals surface area contributed by atoms with Gasteiger partial charge in [-0.3, -0.25) is 4.79 Å². The highest BCUT2D eigenvalue weighted by atomic mass is 16.5. The van der Waals surface area contributed by atoms with Gasteiger partial charge in [0.1, 0.15) is 5.56 Å². The second-order valence-corrected chi connectivity index (χ2v) is 7.10. The molecule has 1 amide bonds. The van der Waals surface area contributed by atoms with E-state index < -0.39 is 5.97 Å². The SMILES string of the molecule is Cc1noc(C(C)C)c1C(=O)OCC(=O)NC(C)c1cccc2ccccc12. The maximum atomic E-state index is 12.4. The molecule has 28 heavy (non-hydrogen) atoms. The van der Waals surface area contributed by atoms with E-state index >= 15 is 0 Å². The number of carbonyl (C=O) groups is 2. The third-order valence-electron chi connectivity index (χ3n) is 4.62. The number of esters is 1. The average molecular weight is 380 g/mol. The molecule has 1 N–H and O–H groups in total. The Morgan fingerprint density at radius 3 is 2.57 bits per heavy atom. The van der Waals surface area contributed by atoms with E-state index in [0.717, 1.165) is 16.3 Å². The van der Waals surface area contributed by atoms with E-state index in [1.807, 2.05) is 63.2 Å². The lowest BCUT2D eigenvalue weighted by molar-refractivity contribution is -0.124. The molecule has 0 aliphatic rings. The average Bonchev–Trinajstić information content (AvgIpc) is 3.07. The molecule has 0 saturated carbocycles. The van der Waals surface area contributed by atoms with Gasteiger partial charge < -0.3 is 14.6 Å². The Morgan fingerprint density at radius 1 is 1.11 bits per heavy atom. The second kappa shape index (κ2) is 8.25. The van der Waals surface area contributed by atoms with Crippen LogP contribution in [-0.2, 0) is 9.53 Å². The summed E-state index contributed by atoms with van der Waals surface area (Å²) < 4.78 is 10.4. The van der Waals surface area contributed by atoms with Crippen LogP contribution in [0.2, 0.25) is 0 Å². The van der Waals surface area contributed by atoms with E-state index in [2.05, 4.69) is 10.5 Å². The number of ether oxygens (including phenoxy) is 1. The first-order valence-electron chi connectivity index (χ1n) is 9.28. The van der Waals surface area contributed by atoms with Crippen LogP contribution >= 0.6 is 0 Å². The lowest BCUT2D eigenvalue weighted by atomic mass is 10.00. The summed E-state index contributed by atoms with van der Waals surface area (Å²) in [5.74, 6) is -0.514. The van der Waals surface area contributed by atoms with Crippen molar-refractivity contribution in [3.8, 4) is 0 Å². The molecule has 0 aliphatic carbocycles. The van der Waals surface area contributed by atoms with Crippen LogP contribution in [0.5, 0.6) is 0 Å². The molecular weight excluding hydrogens is 356 g/mol. The summed E-state index contributed by atoms with van der Waals surface area (Å²) in [5, 5.41) is 8.90. The summed E-state index contributed by atoms with van der Waals surface area (Å²) in [6, 6.07) is 13.8. The predicted molar refractivity (Wildman–Crippen MR) is 106 cm³/mol. The van der Waals surface area contributed by atoms with Gasteiger partial charge in [0, 0.05) is 5.92 Å². The third kappa shape index (κ3) is 4.06. The smallest absolute Gasteiger partial charge is 0.344 e. The zero-order valence-corrected chi connectivity index (χ0v) is 16.5. The molecule has 1 aromatic heterocycles. The number of hydrogen-bond acceptors (Lipinski definition) is 5. The van der Waals surface area contributed by atoms with Crippen LogP contribution in [0.1, 0.15) is 60.1 Å². The van der Waals surface area contributed by atoms with Gasteiger partial charge in [-0.1, -0.05) is 61.5 Å². The maximum absolute atomic E-state index is 12.4. The van der Waals surface area contributed by atoms with Crippen LogP contribution < -0.4 is 5.32 Å². The highest BCUT2D eigenvalue weighted by Crippen LogP contribution is 2.24. The molecule has 6 heteroatoms. The van der Waals surface area contributed by atoms with Gasteiger partial charge in [0.05, 0.1) is 11.7 Å². The molecule has 6 nitrogen and oxygen atoms in total. The second-order valence-electron chi connectivity index (χ2n) is 7.10. The van der Waals surface area contributed by atoms with Gasteiger partial charge in [-0.15, -0.1) is 0 Å². The maximum Gasteiger partial charge on any atom is 0.344 e. The van der Waals surface area contributed by atoms with Gasteiger partial charge >= 0.3 is 5.97 Å². The zero-order chi connectivity index (χ0) is 20.3. The van der Waals surface area contributed by atoms with Crippen molar-refractivity contribution in [1.29, 1.82) is 0 Å². The van der Waals surface area contributed by atoms with Crippen LogP contribution in [0.4, 0.5) is 0 Å². The van der Waals surface area contributed by atoms with Crippen molar-refractivity contribution in [3.63, 3.8) is 0 Å². The highest BCUT2D eigenvalue weighted by Gasteiger charge is 2.24. The molecule has 1 unspecified atom stereocenters. The molecule has 1 heterocycles. The topological polar surface area (TPSA) is 81.4 Å². The van der Waals surface area contributed by atoms with Crippen LogP contribution in [0.3, 0.4) is 0 Å². The van der Waals surface area contributed by atoms with Crippen molar-refractivity contribution in [1.82, 2.24) is 10.5 Å². The van der Waals surface area contributed by atoms with Crippen LogP contribution in [0.15, 0.2) is 47.0 Å². The Morgan fingerprint density at radius 2 is 1.82 bits per heavy atom. The van der Waals surface area contributed by atoms with Crippen molar-refractivity contribution < 1.29 is 18.8 Å². The molecule has 0 saturated heterocycles. The monoisotopic (exact) mass is 380 g/mol. The van der Waals surface area contributed by atoms with Gasteiger partial charge in [0.2, 0.25) is 0 Å². The number of hydrogen-bond donors (Lipinski definition) is 1. The fraction of sp³-hybridized carbons (Fsp3) is 0.318. The van der Waals surface area contributed by atoms with E-state index in [4.69, 9.17) is 9.26 Å². The quantitative estimate of drug-likeness (QED) is 0.645. The van der Waals surface area contributed by atoms with Gasteiger partial charge in [0.25, 0.3) is 5.91 Å². The Kier molecular flexibility index (Phi) is 5.78. The number of aromatic nitrogens is 1. The minimum atomic E-state index is -0.601. The molecule has 0 bridgehead atoms. The lowest BCUT2D eigenvalue weighted by Gasteiger charge is -2.16. The molecule has 0 fully saturated rings. The Labute approximate surface area is 163 Å². The highest BCUT2D eigenvalue weighted by molar-refractivity contribution is 5.93. The molecular formula is C22H24N2O4. The molecule has 1 atom stereocenters. The number of carbonyl (C=O) groups excluding carboxylic acids is 2. The molecule has 0 spiro atoms. The van der Waals surface area contributed by atoms with Gasteiger partial charge in [-0.05, 0) is 30.2 Å². The number of benzene rings is 2. The van der Waals surface area contributed by atoms with Crippen LogP contribution in [-0.4, -0.2) is 23.6 Å². The molecule has 0 aliphatic heterocycles. The predicted octanol–water partition coefficient (Wildman–Crippen LogP) is 4.29. The number of rotatable bonds is 6. The molecule has 2 aromatic carbocycles. The van der Waals surface area contributed by atoms with E-state index in [1.54, 1.807) is 6.92 Å². The minimum Gasteiger partial charge on any atom is -0.452 e. The fourth-order valence-electron chi connectivity index (χ4n) is 3.22. The van der Waals surface area contributed by atoms with Gasteiger partial charge in [0.15, 0.2) is 12.4 Å².